The van der Waals surface area contributed by atoms with Gasteiger partial charge in [0, 0.05) is 0 Å². The standard InChI is InChI=1S/C16H26N2O2/c1-13-5-4-6-16(14(13)2)20-12-15(19)11-18-9-7-17(3)8-10-18/h4-6,15,19H,7-12H2,1-3H3/p+2/t15-/m0/s1. The third kappa shape index (κ3) is 4.20. The number of aryl methyl sites for hydroxylation is 1. The third-order valence-electron chi connectivity index (χ3n) is 4.32. The van der Waals surface area contributed by atoms with Gasteiger partial charge in [-0.1, -0.05) is 12.1 Å². The number of quaternary nitrogens is 2. The molecule has 0 saturated carbocycles. The van der Waals surface area contributed by atoms with Gasteiger partial charge in [-0.05, 0) is 31.0 Å². The van der Waals surface area contributed by atoms with Crippen molar-refractivity contribution in [2.45, 2.75) is 20.0 Å². The second kappa shape index (κ2) is 7.07. The second-order valence-electron chi connectivity index (χ2n) is 6.07. The molecule has 1 saturated heterocycles. The largest absolute Gasteiger partial charge is 0.490 e. The second-order valence-corrected chi connectivity index (χ2v) is 6.07. The fourth-order valence-corrected chi connectivity index (χ4v) is 2.69. The summed E-state index contributed by atoms with van der Waals surface area (Å²) in [6.07, 6.45) is -0.386. The number of benzene rings is 1. The van der Waals surface area contributed by atoms with Crippen molar-refractivity contribution in [2.24, 2.45) is 0 Å². The van der Waals surface area contributed by atoms with Crippen LogP contribution in [-0.2, 0) is 0 Å². The van der Waals surface area contributed by atoms with E-state index in [0.29, 0.717) is 6.61 Å². The van der Waals surface area contributed by atoms with E-state index in [4.69, 9.17) is 4.74 Å². The zero-order valence-electron chi connectivity index (χ0n) is 12.9. The van der Waals surface area contributed by atoms with Crippen LogP contribution in [0.4, 0.5) is 0 Å². The maximum absolute atomic E-state index is 10.1. The molecule has 2 rings (SSSR count). The summed E-state index contributed by atoms with van der Waals surface area (Å²) in [4.78, 5) is 3.09. The van der Waals surface area contributed by atoms with E-state index in [1.54, 1.807) is 4.90 Å². The number of ether oxygens (including phenoxy) is 1. The lowest BCUT2D eigenvalue weighted by molar-refractivity contribution is -1.00. The summed E-state index contributed by atoms with van der Waals surface area (Å²) in [6, 6.07) is 6.05. The molecule has 1 aliphatic rings. The van der Waals surface area contributed by atoms with Gasteiger partial charge in [0.1, 0.15) is 51.2 Å². The van der Waals surface area contributed by atoms with Crippen LogP contribution in [0.25, 0.3) is 0 Å². The summed E-state index contributed by atoms with van der Waals surface area (Å²) in [5.41, 5.74) is 2.39. The van der Waals surface area contributed by atoms with Crippen LogP contribution < -0.4 is 14.5 Å². The summed E-state index contributed by atoms with van der Waals surface area (Å²) in [5.74, 6) is 0.891. The maximum atomic E-state index is 10.1. The molecule has 0 aromatic heterocycles. The van der Waals surface area contributed by atoms with Crippen molar-refractivity contribution in [1.29, 1.82) is 0 Å². The first kappa shape index (κ1) is 15.3. The van der Waals surface area contributed by atoms with E-state index < -0.39 is 0 Å². The lowest BCUT2D eigenvalue weighted by Crippen LogP contribution is -3.27. The molecule has 4 heteroatoms. The third-order valence-corrected chi connectivity index (χ3v) is 4.32. The molecule has 1 aromatic carbocycles. The van der Waals surface area contributed by atoms with Crippen LogP contribution in [0.2, 0.25) is 0 Å². The molecule has 4 nitrogen and oxygen atoms in total. The van der Waals surface area contributed by atoms with Crippen LogP contribution in [0.5, 0.6) is 5.75 Å². The van der Waals surface area contributed by atoms with Gasteiger partial charge in [0.2, 0.25) is 0 Å². The van der Waals surface area contributed by atoms with Crippen LogP contribution in [0.15, 0.2) is 18.2 Å². The highest BCUT2D eigenvalue weighted by molar-refractivity contribution is 5.38. The summed E-state index contributed by atoms with van der Waals surface area (Å²) < 4.78 is 5.77. The van der Waals surface area contributed by atoms with E-state index in [-0.39, 0.29) is 6.10 Å². The molecule has 1 fully saturated rings. The smallest absolute Gasteiger partial charge is 0.137 e. The Morgan fingerprint density at radius 3 is 2.60 bits per heavy atom. The van der Waals surface area contributed by atoms with Crippen molar-refractivity contribution in [1.82, 2.24) is 0 Å². The summed E-state index contributed by atoms with van der Waals surface area (Å²) in [5, 5.41) is 10.1. The highest BCUT2D eigenvalue weighted by Crippen LogP contribution is 2.20. The van der Waals surface area contributed by atoms with Gasteiger partial charge in [-0.15, -0.1) is 0 Å². The predicted molar refractivity (Wildman–Crippen MR) is 79.6 cm³/mol. The Morgan fingerprint density at radius 1 is 1.20 bits per heavy atom. The molecular weight excluding hydrogens is 252 g/mol. The van der Waals surface area contributed by atoms with Crippen LogP contribution in [0.3, 0.4) is 0 Å². The topological polar surface area (TPSA) is 38.3 Å². The summed E-state index contributed by atoms with van der Waals surface area (Å²) in [6.45, 7) is 9.99. The minimum absolute atomic E-state index is 0.385. The number of likely N-dealkylation sites (N-methyl/N-ethyl adjacent to an activating group) is 1. The Kier molecular flexibility index (Phi) is 5.40. The van der Waals surface area contributed by atoms with E-state index in [1.807, 2.05) is 12.1 Å². The van der Waals surface area contributed by atoms with E-state index in [2.05, 4.69) is 27.0 Å². The molecule has 112 valence electrons. The fraction of sp³-hybridized carbons (Fsp3) is 0.625. The molecule has 1 heterocycles. The van der Waals surface area contributed by atoms with Crippen LogP contribution in [0.1, 0.15) is 11.1 Å². The molecular formula is C16H28N2O2+2. The maximum Gasteiger partial charge on any atom is 0.137 e. The molecule has 0 amide bonds. The zero-order valence-corrected chi connectivity index (χ0v) is 12.9. The minimum Gasteiger partial charge on any atom is -0.490 e. The summed E-state index contributed by atoms with van der Waals surface area (Å²) >= 11 is 0. The van der Waals surface area contributed by atoms with E-state index in [9.17, 15) is 5.11 Å². The molecule has 0 radical (unpaired) electrons. The van der Waals surface area contributed by atoms with Gasteiger partial charge in [0.15, 0.2) is 0 Å². The number of nitrogens with one attached hydrogen (secondary N) is 2. The average molecular weight is 280 g/mol. The van der Waals surface area contributed by atoms with Crippen molar-refractivity contribution >= 4 is 0 Å². The molecule has 1 aliphatic heterocycles. The van der Waals surface area contributed by atoms with E-state index in [1.165, 1.54) is 23.6 Å². The molecule has 0 bridgehead atoms. The number of piperazine rings is 1. The average Bonchev–Trinajstić information content (AvgIpc) is 2.43. The Morgan fingerprint density at radius 2 is 1.90 bits per heavy atom. The Hall–Kier alpha value is -1.10. The van der Waals surface area contributed by atoms with E-state index >= 15 is 0 Å². The Labute approximate surface area is 122 Å². The molecule has 1 atom stereocenters. The Balaban J connectivity index is 1.77. The monoisotopic (exact) mass is 280 g/mol. The normalized spacial score (nSPS) is 24.4. The van der Waals surface area contributed by atoms with Gasteiger partial charge in [0.25, 0.3) is 0 Å². The van der Waals surface area contributed by atoms with Gasteiger partial charge >= 0.3 is 0 Å². The van der Waals surface area contributed by atoms with Gasteiger partial charge in [-0.2, -0.15) is 0 Å². The van der Waals surface area contributed by atoms with Crippen LogP contribution in [0, 0.1) is 13.8 Å². The first-order valence-electron chi connectivity index (χ1n) is 7.58. The molecule has 20 heavy (non-hydrogen) atoms. The first-order chi connectivity index (χ1) is 9.56. The van der Waals surface area contributed by atoms with Gasteiger partial charge in [0.05, 0.1) is 7.05 Å². The first-order valence-corrected chi connectivity index (χ1v) is 7.58. The lowest BCUT2D eigenvalue weighted by atomic mass is 10.1. The summed E-state index contributed by atoms with van der Waals surface area (Å²) in [7, 11) is 2.23. The number of rotatable bonds is 5. The number of hydrogen-bond donors (Lipinski definition) is 3. The Bertz CT molecular complexity index is 428. The van der Waals surface area contributed by atoms with Gasteiger partial charge in [-0.25, -0.2) is 0 Å². The lowest BCUT2D eigenvalue weighted by Gasteiger charge is -2.28. The van der Waals surface area contributed by atoms with Gasteiger partial charge in [-0.3, -0.25) is 0 Å². The van der Waals surface area contributed by atoms with Crippen molar-refractivity contribution in [3.05, 3.63) is 29.3 Å². The molecule has 0 spiro atoms. The van der Waals surface area contributed by atoms with E-state index in [0.717, 1.165) is 30.9 Å². The zero-order chi connectivity index (χ0) is 14.5. The number of aliphatic hydroxyl groups is 1. The number of hydrogen-bond acceptors (Lipinski definition) is 2. The molecule has 1 aromatic rings. The fourth-order valence-electron chi connectivity index (χ4n) is 2.69. The minimum atomic E-state index is -0.386. The predicted octanol–water partition coefficient (Wildman–Crippen LogP) is -1.54. The van der Waals surface area contributed by atoms with Crippen molar-refractivity contribution < 1.29 is 19.6 Å². The molecule has 0 aliphatic carbocycles. The highest BCUT2D eigenvalue weighted by Gasteiger charge is 2.22. The van der Waals surface area contributed by atoms with Crippen LogP contribution in [-0.4, -0.2) is 57.6 Å². The SMILES string of the molecule is Cc1cccc(OC[C@@H](O)C[NH+]2CC[NH+](C)CC2)c1C. The van der Waals surface area contributed by atoms with Gasteiger partial charge < -0.3 is 19.6 Å². The van der Waals surface area contributed by atoms with Crippen molar-refractivity contribution in [3.8, 4) is 5.75 Å². The van der Waals surface area contributed by atoms with Crippen molar-refractivity contribution in [2.75, 3.05) is 46.4 Å². The highest BCUT2D eigenvalue weighted by atomic mass is 16.5. The van der Waals surface area contributed by atoms with Crippen molar-refractivity contribution in [3.63, 3.8) is 0 Å². The molecule has 3 N–H and O–H groups in total. The quantitative estimate of drug-likeness (QED) is 0.611. The molecule has 0 unspecified atom stereocenters. The van der Waals surface area contributed by atoms with Crippen LogP contribution >= 0.6 is 0 Å². The number of aliphatic hydroxyl groups excluding tert-OH is 1.